The zero-order valence-corrected chi connectivity index (χ0v) is 16.2. The molecule has 3 heterocycles. The molecule has 1 saturated heterocycles. The minimum atomic E-state index is -4.34. The van der Waals surface area contributed by atoms with Crippen molar-refractivity contribution in [2.24, 2.45) is 17.8 Å². The van der Waals surface area contributed by atoms with Crippen molar-refractivity contribution in [3.05, 3.63) is 59.5 Å². The van der Waals surface area contributed by atoms with Crippen LogP contribution in [-0.2, 0) is 0 Å². The van der Waals surface area contributed by atoms with Crippen LogP contribution in [0.1, 0.15) is 29.8 Å². The summed E-state index contributed by atoms with van der Waals surface area (Å²) in [5.41, 5.74) is 0.921. The van der Waals surface area contributed by atoms with Gasteiger partial charge in [0.1, 0.15) is 5.69 Å². The third kappa shape index (κ3) is 3.24. The molecule has 30 heavy (non-hydrogen) atoms. The highest BCUT2D eigenvalue weighted by Crippen LogP contribution is 2.48. The molecule has 2 aliphatic carbocycles. The monoisotopic (exact) mass is 414 g/mol. The first-order chi connectivity index (χ1) is 14.4. The van der Waals surface area contributed by atoms with E-state index in [9.17, 15) is 18.0 Å². The number of carbonyl (C=O) groups excluding carboxylic acids is 1. The van der Waals surface area contributed by atoms with Gasteiger partial charge in [-0.05, 0) is 49.1 Å². The number of pyridine rings is 1. The number of aromatic amines is 1. The molecule has 1 unspecified atom stereocenters. The number of allylic oxidation sites excluding steroid dienone is 6. The largest absolute Gasteiger partial charge is 0.416 e. The molecule has 5 nitrogen and oxygen atoms in total. The molecule has 0 aromatic carbocycles. The van der Waals surface area contributed by atoms with Crippen molar-refractivity contribution in [3.8, 4) is 0 Å². The van der Waals surface area contributed by atoms with E-state index < -0.39 is 11.7 Å². The number of halogens is 3. The molecule has 0 spiro atoms. The minimum absolute atomic E-state index is 0.0848. The number of hydrogen-bond donors (Lipinski definition) is 1. The van der Waals surface area contributed by atoms with Crippen LogP contribution in [0.2, 0.25) is 0 Å². The Labute approximate surface area is 171 Å². The number of fused-ring (bicyclic) bond motifs is 2. The molecular weight excluding hydrogens is 393 g/mol. The van der Waals surface area contributed by atoms with E-state index in [1.165, 1.54) is 12.2 Å². The van der Waals surface area contributed by atoms with Crippen LogP contribution < -0.4 is 0 Å². The molecule has 2 fully saturated rings. The summed E-state index contributed by atoms with van der Waals surface area (Å²) in [6.07, 6.45) is 5.14. The first-order valence-corrected chi connectivity index (χ1v) is 10.1. The average molecular weight is 414 g/mol. The number of aromatic nitrogens is 3. The SMILES string of the molecule is O=C(c1[nH]nc2ncccc12)N1C[C@H]2CC(C3=C(C(F)(F)F)C=CC=CC3)C[C@H]2C1. The molecular formula is C22H21F3N4O. The first kappa shape index (κ1) is 19.1. The van der Waals surface area contributed by atoms with Crippen LogP contribution in [0.25, 0.3) is 11.0 Å². The van der Waals surface area contributed by atoms with Crippen molar-refractivity contribution in [3.63, 3.8) is 0 Å². The highest BCUT2D eigenvalue weighted by Gasteiger charge is 2.45. The molecule has 1 amide bonds. The maximum Gasteiger partial charge on any atom is 0.416 e. The topological polar surface area (TPSA) is 61.9 Å². The fraction of sp³-hybridized carbons (Fsp3) is 0.409. The molecule has 156 valence electrons. The molecule has 2 aromatic heterocycles. The number of amides is 1. The Kier molecular flexibility index (Phi) is 4.52. The number of nitrogens with zero attached hydrogens (tertiary/aromatic N) is 3. The quantitative estimate of drug-likeness (QED) is 0.791. The van der Waals surface area contributed by atoms with Gasteiger partial charge in [0.2, 0.25) is 0 Å². The minimum Gasteiger partial charge on any atom is -0.337 e. The van der Waals surface area contributed by atoms with Crippen LogP contribution in [0, 0.1) is 17.8 Å². The Morgan fingerprint density at radius 1 is 1.17 bits per heavy atom. The lowest BCUT2D eigenvalue weighted by Crippen LogP contribution is -2.30. The fourth-order valence-electron chi connectivity index (χ4n) is 5.23. The van der Waals surface area contributed by atoms with E-state index in [2.05, 4.69) is 15.2 Å². The highest BCUT2D eigenvalue weighted by molar-refractivity contribution is 6.03. The number of H-pyrrole nitrogens is 1. The van der Waals surface area contributed by atoms with Crippen LogP contribution in [0.5, 0.6) is 0 Å². The Hall–Kier alpha value is -2.90. The molecule has 1 saturated carbocycles. The standard InChI is InChI=1S/C22H21F3N4O/c23-22(24,25)18-7-3-1-2-5-16(18)13-9-14-11-29(12-15(14)10-13)21(30)19-17-6-4-8-26-20(17)28-27-19/h1-4,6-8,13-15H,5,9-12H2,(H,26,27,28)/t13?,14-,15+. The molecule has 8 heteroatoms. The van der Waals surface area contributed by atoms with Crippen molar-refractivity contribution in [1.82, 2.24) is 20.1 Å². The van der Waals surface area contributed by atoms with E-state index >= 15 is 0 Å². The summed E-state index contributed by atoms with van der Waals surface area (Å²) >= 11 is 0. The summed E-state index contributed by atoms with van der Waals surface area (Å²) in [5, 5.41) is 7.57. The van der Waals surface area contributed by atoms with Gasteiger partial charge in [0.05, 0.1) is 11.0 Å². The normalized spacial score (nSPS) is 26.5. The van der Waals surface area contributed by atoms with Crippen molar-refractivity contribution in [1.29, 1.82) is 0 Å². The van der Waals surface area contributed by atoms with Gasteiger partial charge >= 0.3 is 6.18 Å². The van der Waals surface area contributed by atoms with E-state index in [1.54, 1.807) is 29.3 Å². The predicted octanol–water partition coefficient (Wildman–Crippen LogP) is 4.43. The smallest absolute Gasteiger partial charge is 0.337 e. The maximum atomic E-state index is 13.6. The zero-order chi connectivity index (χ0) is 20.9. The van der Waals surface area contributed by atoms with Gasteiger partial charge in [-0.3, -0.25) is 9.89 Å². The van der Waals surface area contributed by atoms with Gasteiger partial charge in [-0.15, -0.1) is 0 Å². The lowest BCUT2D eigenvalue weighted by Gasteiger charge is -2.22. The van der Waals surface area contributed by atoms with Crippen LogP contribution in [0.15, 0.2) is 53.8 Å². The fourth-order valence-corrected chi connectivity index (χ4v) is 5.23. The molecule has 3 atom stereocenters. The van der Waals surface area contributed by atoms with Gasteiger partial charge in [-0.2, -0.15) is 18.3 Å². The third-order valence-corrected chi connectivity index (χ3v) is 6.57. The van der Waals surface area contributed by atoms with Gasteiger partial charge in [0, 0.05) is 19.3 Å². The lowest BCUT2D eigenvalue weighted by molar-refractivity contribution is -0.0895. The van der Waals surface area contributed by atoms with Gasteiger partial charge in [0.25, 0.3) is 5.91 Å². The van der Waals surface area contributed by atoms with E-state index in [0.29, 0.717) is 54.7 Å². The van der Waals surface area contributed by atoms with Crippen molar-refractivity contribution < 1.29 is 18.0 Å². The summed E-state index contributed by atoms with van der Waals surface area (Å²) in [6.45, 7) is 1.14. The Morgan fingerprint density at radius 2 is 1.93 bits per heavy atom. The van der Waals surface area contributed by atoms with Gasteiger partial charge < -0.3 is 4.90 Å². The molecule has 0 radical (unpaired) electrons. The van der Waals surface area contributed by atoms with Crippen LogP contribution in [-0.4, -0.2) is 45.3 Å². The van der Waals surface area contributed by atoms with Crippen molar-refractivity contribution in [2.75, 3.05) is 13.1 Å². The average Bonchev–Trinajstić information content (AvgIpc) is 3.34. The molecule has 5 rings (SSSR count). The Morgan fingerprint density at radius 3 is 2.67 bits per heavy atom. The summed E-state index contributed by atoms with van der Waals surface area (Å²) in [4.78, 5) is 19.0. The summed E-state index contributed by atoms with van der Waals surface area (Å²) < 4.78 is 40.7. The second-order valence-corrected chi connectivity index (χ2v) is 8.30. The number of nitrogens with one attached hydrogen (secondary N) is 1. The van der Waals surface area contributed by atoms with Crippen LogP contribution in [0.4, 0.5) is 13.2 Å². The second-order valence-electron chi connectivity index (χ2n) is 8.30. The van der Waals surface area contributed by atoms with E-state index in [4.69, 9.17) is 0 Å². The number of likely N-dealkylation sites (tertiary alicyclic amines) is 1. The lowest BCUT2D eigenvalue weighted by atomic mass is 9.89. The Balaban J connectivity index is 1.33. The Bertz CT molecular complexity index is 1070. The second kappa shape index (κ2) is 7.11. The number of rotatable bonds is 2. The molecule has 1 N–H and O–H groups in total. The molecule has 1 aliphatic heterocycles. The zero-order valence-electron chi connectivity index (χ0n) is 16.2. The number of hydrogen-bond acceptors (Lipinski definition) is 3. The molecule has 2 aromatic rings. The first-order valence-electron chi connectivity index (χ1n) is 10.1. The summed E-state index contributed by atoms with van der Waals surface area (Å²) in [5.74, 6) is 0.249. The van der Waals surface area contributed by atoms with Gasteiger partial charge in [0.15, 0.2) is 5.65 Å². The highest BCUT2D eigenvalue weighted by atomic mass is 19.4. The third-order valence-electron chi connectivity index (χ3n) is 6.57. The predicted molar refractivity (Wildman–Crippen MR) is 105 cm³/mol. The number of carbonyl (C=O) groups is 1. The van der Waals surface area contributed by atoms with Crippen LogP contribution >= 0.6 is 0 Å². The van der Waals surface area contributed by atoms with Gasteiger partial charge in [-0.1, -0.05) is 29.9 Å². The van der Waals surface area contributed by atoms with Crippen molar-refractivity contribution >= 4 is 16.9 Å². The summed E-state index contributed by atoms with van der Waals surface area (Å²) in [7, 11) is 0. The number of alkyl halides is 3. The van der Waals surface area contributed by atoms with Crippen molar-refractivity contribution in [2.45, 2.75) is 25.4 Å². The summed E-state index contributed by atoms with van der Waals surface area (Å²) in [6, 6.07) is 3.57. The van der Waals surface area contributed by atoms with E-state index in [0.717, 1.165) is 0 Å². The van der Waals surface area contributed by atoms with E-state index in [-0.39, 0.29) is 23.7 Å². The molecule has 3 aliphatic rings. The molecule has 0 bridgehead atoms. The van der Waals surface area contributed by atoms with Crippen LogP contribution in [0.3, 0.4) is 0 Å². The van der Waals surface area contributed by atoms with E-state index in [1.807, 2.05) is 6.07 Å². The van der Waals surface area contributed by atoms with Gasteiger partial charge in [-0.25, -0.2) is 4.98 Å². The maximum absolute atomic E-state index is 13.6.